The third kappa shape index (κ3) is 2.31. The molecule has 0 saturated carbocycles. The Morgan fingerprint density at radius 2 is 2.17 bits per heavy atom. The molecule has 0 aromatic rings. The fourth-order valence-electron chi connectivity index (χ4n) is 2.22. The Hall–Kier alpha value is -0.520. The summed E-state index contributed by atoms with van der Waals surface area (Å²) in [6.07, 6.45) is -2.05. The summed E-state index contributed by atoms with van der Waals surface area (Å²) < 4.78 is 22.2. The minimum atomic E-state index is -0.756. The van der Waals surface area contributed by atoms with Crippen molar-refractivity contribution in [2.24, 2.45) is 0 Å². The van der Waals surface area contributed by atoms with Gasteiger partial charge < -0.3 is 18.9 Å². The number of rotatable bonds is 3. The number of nitriles is 1. The Kier molecular flexibility index (Phi) is 3.76. The molecule has 0 bridgehead atoms. The van der Waals surface area contributed by atoms with Gasteiger partial charge >= 0.3 is 0 Å². The lowest BCUT2D eigenvalue weighted by Crippen LogP contribution is -2.42. The van der Waals surface area contributed by atoms with Gasteiger partial charge in [-0.15, -0.1) is 0 Å². The smallest absolute Gasteiger partial charge is 0.248 e. The number of ether oxygens (including phenoxy) is 4. The molecule has 0 spiro atoms. The third-order valence-electron chi connectivity index (χ3n) is 2.95. The van der Waals surface area contributed by atoms with Crippen LogP contribution in [-0.2, 0) is 23.7 Å². The molecule has 2 saturated heterocycles. The predicted molar refractivity (Wildman–Crippen MR) is 62.8 cm³/mol. The summed E-state index contributed by atoms with van der Waals surface area (Å²) in [5, 5.41) is 8.62. The second kappa shape index (κ2) is 4.87. The first-order valence-corrected chi connectivity index (χ1v) is 6.43. The zero-order valence-corrected chi connectivity index (χ0v) is 11.8. The van der Waals surface area contributed by atoms with Crippen molar-refractivity contribution in [3.63, 3.8) is 0 Å². The maximum Gasteiger partial charge on any atom is 0.248 e. The van der Waals surface area contributed by atoms with Crippen molar-refractivity contribution in [2.45, 2.75) is 49.1 Å². The van der Waals surface area contributed by atoms with Crippen LogP contribution in [0.25, 0.3) is 0 Å². The van der Waals surface area contributed by atoms with Crippen molar-refractivity contribution in [3.8, 4) is 6.07 Å². The SMILES string of the molecule is CO[C@@H]1[C@H]2OC(C)(C)O[C@@H]2O[C@@H]1[C@@H](Br)C(=O)C#N. The van der Waals surface area contributed by atoms with Crippen molar-refractivity contribution in [2.75, 3.05) is 7.11 Å². The number of Topliss-reactive ketones (excluding diaryl/α,β-unsaturated/α-hetero) is 1. The van der Waals surface area contributed by atoms with Gasteiger partial charge in [0.05, 0.1) is 0 Å². The molecule has 2 fully saturated rings. The highest BCUT2D eigenvalue weighted by Crippen LogP contribution is 2.40. The van der Waals surface area contributed by atoms with E-state index >= 15 is 0 Å². The molecule has 0 radical (unpaired) electrons. The lowest BCUT2D eigenvalue weighted by molar-refractivity contribution is -0.215. The van der Waals surface area contributed by atoms with Gasteiger partial charge in [0.2, 0.25) is 5.78 Å². The summed E-state index contributed by atoms with van der Waals surface area (Å²) in [5.74, 6) is -1.35. The number of hydrogen-bond donors (Lipinski definition) is 0. The van der Waals surface area contributed by atoms with E-state index in [-0.39, 0.29) is 0 Å². The van der Waals surface area contributed by atoms with Gasteiger partial charge in [0.15, 0.2) is 12.1 Å². The number of alkyl halides is 1. The first-order valence-electron chi connectivity index (χ1n) is 5.51. The topological polar surface area (TPSA) is 77.8 Å². The lowest BCUT2D eigenvalue weighted by atomic mass is 10.1. The van der Waals surface area contributed by atoms with E-state index in [1.807, 2.05) is 0 Å². The average Bonchev–Trinajstić information content (AvgIpc) is 2.78. The first kappa shape index (κ1) is 13.9. The van der Waals surface area contributed by atoms with Crippen LogP contribution in [0.2, 0.25) is 0 Å². The quantitative estimate of drug-likeness (QED) is 0.564. The molecule has 7 heteroatoms. The van der Waals surface area contributed by atoms with Crippen LogP contribution in [0.15, 0.2) is 0 Å². The molecule has 2 heterocycles. The van der Waals surface area contributed by atoms with Crippen LogP contribution >= 0.6 is 15.9 Å². The normalized spacial score (nSPS) is 39.1. The zero-order valence-electron chi connectivity index (χ0n) is 10.3. The molecule has 0 aromatic carbocycles. The summed E-state index contributed by atoms with van der Waals surface area (Å²) in [6.45, 7) is 3.56. The number of carbonyl (C=O) groups is 1. The molecule has 0 N–H and O–H groups in total. The fraction of sp³-hybridized carbons (Fsp3) is 0.818. The maximum absolute atomic E-state index is 11.4. The Balaban J connectivity index is 2.14. The average molecular weight is 320 g/mol. The van der Waals surface area contributed by atoms with E-state index in [0.29, 0.717) is 0 Å². The fourth-order valence-corrected chi connectivity index (χ4v) is 2.75. The summed E-state index contributed by atoms with van der Waals surface area (Å²) in [5.41, 5.74) is 0. The first-order chi connectivity index (χ1) is 8.39. The molecule has 0 amide bonds. The van der Waals surface area contributed by atoms with Crippen LogP contribution in [0.3, 0.4) is 0 Å². The molecule has 18 heavy (non-hydrogen) atoms. The highest BCUT2D eigenvalue weighted by atomic mass is 79.9. The Morgan fingerprint density at radius 1 is 1.50 bits per heavy atom. The summed E-state index contributed by atoms with van der Waals surface area (Å²) in [4.78, 5) is 10.6. The van der Waals surface area contributed by atoms with Gasteiger partial charge in [-0.3, -0.25) is 4.79 Å². The standard InChI is InChI=1S/C11H14BrNO5/c1-11(2)17-9-8(15-3)7(16-10(9)18-11)6(12)5(14)4-13/h6-10H,1-3H3/t6-,7+,8-,9+,10-/m0/s1. The molecular formula is C11H14BrNO5. The number of carbonyl (C=O) groups excluding carboxylic acids is 1. The Bertz CT molecular complexity index is 393. The van der Waals surface area contributed by atoms with Gasteiger partial charge in [0.1, 0.15) is 29.2 Å². The number of fused-ring (bicyclic) bond motifs is 1. The molecular weight excluding hydrogens is 306 g/mol. The van der Waals surface area contributed by atoms with Gasteiger partial charge in [-0.05, 0) is 13.8 Å². The van der Waals surface area contributed by atoms with Crippen molar-refractivity contribution in [1.82, 2.24) is 0 Å². The van der Waals surface area contributed by atoms with Crippen LogP contribution in [0, 0.1) is 11.3 Å². The number of halogens is 1. The second-order valence-electron chi connectivity index (χ2n) is 4.65. The largest absolute Gasteiger partial charge is 0.376 e. The molecule has 2 aliphatic heterocycles. The number of hydrogen-bond acceptors (Lipinski definition) is 6. The van der Waals surface area contributed by atoms with Crippen LogP contribution in [-0.4, -0.2) is 48.1 Å². The van der Waals surface area contributed by atoms with Gasteiger partial charge in [-0.2, -0.15) is 5.26 Å². The number of ketones is 1. The predicted octanol–water partition coefficient (Wildman–Crippen LogP) is 0.734. The summed E-state index contributed by atoms with van der Waals surface area (Å²) in [7, 11) is 1.51. The van der Waals surface area contributed by atoms with Gasteiger partial charge in [0, 0.05) is 7.11 Å². The van der Waals surface area contributed by atoms with Crippen molar-refractivity contribution < 1.29 is 23.7 Å². The van der Waals surface area contributed by atoms with Crippen molar-refractivity contribution in [3.05, 3.63) is 0 Å². The van der Waals surface area contributed by atoms with E-state index in [4.69, 9.17) is 24.2 Å². The number of nitrogens with zero attached hydrogens (tertiary/aromatic N) is 1. The summed E-state index contributed by atoms with van der Waals surface area (Å²) in [6, 6.07) is 1.57. The van der Waals surface area contributed by atoms with Crippen LogP contribution < -0.4 is 0 Å². The highest BCUT2D eigenvalue weighted by Gasteiger charge is 2.57. The monoisotopic (exact) mass is 319 g/mol. The molecule has 0 aromatic heterocycles. The van der Waals surface area contributed by atoms with E-state index in [1.165, 1.54) is 7.11 Å². The van der Waals surface area contributed by atoms with E-state index in [2.05, 4.69) is 15.9 Å². The molecule has 0 aliphatic carbocycles. The number of methoxy groups -OCH3 is 1. The van der Waals surface area contributed by atoms with Crippen molar-refractivity contribution in [1.29, 1.82) is 5.26 Å². The molecule has 100 valence electrons. The molecule has 6 nitrogen and oxygen atoms in total. The molecule has 2 rings (SSSR count). The van der Waals surface area contributed by atoms with E-state index in [9.17, 15) is 4.79 Å². The minimum Gasteiger partial charge on any atom is -0.376 e. The second-order valence-corrected chi connectivity index (χ2v) is 5.63. The summed E-state index contributed by atoms with van der Waals surface area (Å²) >= 11 is 3.16. The minimum absolute atomic E-state index is 0.401. The zero-order chi connectivity index (χ0) is 13.5. The van der Waals surface area contributed by atoms with Crippen LogP contribution in [0.1, 0.15) is 13.8 Å². The van der Waals surface area contributed by atoms with E-state index < -0.39 is 41.0 Å². The Labute approximate surface area is 113 Å². The van der Waals surface area contributed by atoms with Crippen LogP contribution in [0.4, 0.5) is 0 Å². The molecule has 0 unspecified atom stereocenters. The van der Waals surface area contributed by atoms with Crippen molar-refractivity contribution >= 4 is 21.7 Å². The Morgan fingerprint density at radius 3 is 2.72 bits per heavy atom. The van der Waals surface area contributed by atoms with E-state index in [0.717, 1.165) is 0 Å². The third-order valence-corrected chi connectivity index (χ3v) is 3.89. The molecule has 2 aliphatic rings. The lowest BCUT2D eigenvalue weighted by Gasteiger charge is -2.26. The highest BCUT2D eigenvalue weighted by molar-refractivity contribution is 9.10. The van der Waals surface area contributed by atoms with Gasteiger partial charge in [0.25, 0.3) is 0 Å². The van der Waals surface area contributed by atoms with Gasteiger partial charge in [-0.25, -0.2) is 0 Å². The molecule has 5 atom stereocenters. The maximum atomic E-state index is 11.4. The van der Waals surface area contributed by atoms with Crippen LogP contribution in [0.5, 0.6) is 0 Å². The van der Waals surface area contributed by atoms with E-state index in [1.54, 1.807) is 19.9 Å². The van der Waals surface area contributed by atoms with Gasteiger partial charge in [-0.1, -0.05) is 15.9 Å².